The third kappa shape index (κ3) is 4.35. The zero-order valence-electron chi connectivity index (χ0n) is 12.1. The second-order valence-corrected chi connectivity index (χ2v) is 5.85. The van der Waals surface area contributed by atoms with E-state index in [1.54, 1.807) is 32.9 Å². The molecule has 0 bridgehead atoms. The average Bonchev–Trinajstić information content (AvgIpc) is 2.35. The number of aliphatic carboxylic acids is 1. The summed E-state index contributed by atoms with van der Waals surface area (Å²) < 4.78 is 0. The summed E-state index contributed by atoms with van der Waals surface area (Å²) in [4.78, 5) is 23.3. The van der Waals surface area contributed by atoms with E-state index in [4.69, 9.17) is 5.73 Å². The molecule has 20 heavy (non-hydrogen) atoms. The van der Waals surface area contributed by atoms with Gasteiger partial charge >= 0.3 is 5.97 Å². The van der Waals surface area contributed by atoms with Crippen molar-refractivity contribution >= 4 is 11.9 Å². The highest BCUT2D eigenvalue weighted by Gasteiger charge is 2.32. The topological polar surface area (TPSA) is 92.4 Å². The van der Waals surface area contributed by atoms with E-state index in [1.807, 2.05) is 12.1 Å². The second kappa shape index (κ2) is 6.52. The maximum absolute atomic E-state index is 12.1. The van der Waals surface area contributed by atoms with E-state index in [0.29, 0.717) is 12.1 Å². The normalized spacial score (nSPS) is 12.8. The highest BCUT2D eigenvalue weighted by molar-refractivity contribution is 5.96. The molecule has 1 amide bonds. The van der Waals surface area contributed by atoms with Gasteiger partial charge in [-0.05, 0) is 36.1 Å². The first-order valence-electron chi connectivity index (χ1n) is 6.58. The Bertz CT molecular complexity index is 475. The summed E-state index contributed by atoms with van der Waals surface area (Å²) in [6.07, 6.45) is 0.752. The van der Waals surface area contributed by atoms with Crippen LogP contribution in [0.1, 0.15) is 36.7 Å². The first-order chi connectivity index (χ1) is 9.25. The molecule has 0 radical (unpaired) electrons. The molecule has 0 heterocycles. The largest absolute Gasteiger partial charge is 0.480 e. The van der Waals surface area contributed by atoms with Crippen LogP contribution in [-0.2, 0) is 11.2 Å². The fourth-order valence-electron chi connectivity index (χ4n) is 1.85. The molecule has 4 N–H and O–H groups in total. The molecule has 0 fully saturated rings. The first kappa shape index (κ1) is 16.2. The van der Waals surface area contributed by atoms with Crippen molar-refractivity contribution in [1.82, 2.24) is 5.32 Å². The van der Waals surface area contributed by atoms with Gasteiger partial charge in [-0.3, -0.25) is 4.79 Å². The van der Waals surface area contributed by atoms with Crippen molar-refractivity contribution in [3.8, 4) is 0 Å². The number of benzene rings is 1. The molecule has 0 saturated carbocycles. The summed E-state index contributed by atoms with van der Waals surface area (Å²) in [5.74, 6) is -1.42. The Labute approximate surface area is 119 Å². The van der Waals surface area contributed by atoms with Gasteiger partial charge in [0, 0.05) is 5.56 Å². The lowest BCUT2D eigenvalue weighted by molar-refractivity contribution is -0.142. The molecule has 0 aromatic heterocycles. The number of amides is 1. The van der Waals surface area contributed by atoms with E-state index in [9.17, 15) is 14.7 Å². The van der Waals surface area contributed by atoms with Crippen molar-refractivity contribution in [1.29, 1.82) is 0 Å². The Balaban J connectivity index is 2.81. The number of nitrogens with two attached hydrogens (primary N) is 1. The lowest BCUT2D eigenvalue weighted by Crippen LogP contribution is -2.49. The van der Waals surface area contributed by atoms with Crippen LogP contribution >= 0.6 is 0 Å². The van der Waals surface area contributed by atoms with Gasteiger partial charge in [0.1, 0.15) is 6.04 Å². The van der Waals surface area contributed by atoms with Gasteiger partial charge in [0.2, 0.25) is 0 Å². The van der Waals surface area contributed by atoms with Crippen LogP contribution in [0.3, 0.4) is 0 Å². The predicted octanol–water partition coefficient (Wildman–Crippen LogP) is 1.42. The van der Waals surface area contributed by atoms with Crippen LogP contribution in [0.15, 0.2) is 24.3 Å². The molecule has 5 nitrogen and oxygen atoms in total. The van der Waals surface area contributed by atoms with Gasteiger partial charge in [0.25, 0.3) is 5.91 Å². The van der Waals surface area contributed by atoms with Crippen molar-refractivity contribution in [2.24, 2.45) is 11.1 Å². The molecule has 1 atom stereocenters. The predicted molar refractivity (Wildman–Crippen MR) is 77.5 cm³/mol. The Kier molecular flexibility index (Phi) is 5.27. The molecule has 0 saturated heterocycles. The number of carboxylic acids is 1. The Morgan fingerprint density at radius 1 is 1.25 bits per heavy atom. The van der Waals surface area contributed by atoms with Gasteiger partial charge in [-0.1, -0.05) is 32.9 Å². The van der Waals surface area contributed by atoms with Gasteiger partial charge in [-0.15, -0.1) is 0 Å². The van der Waals surface area contributed by atoms with Crippen LogP contribution in [0.5, 0.6) is 0 Å². The van der Waals surface area contributed by atoms with E-state index in [0.717, 1.165) is 12.0 Å². The molecule has 1 unspecified atom stereocenters. The molecule has 110 valence electrons. The fraction of sp³-hybridized carbons (Fsp3) is 0.467. The molecular weight excluding hydrogens is 256 g/mol. The molecule has 1 aromatic carbocycles. The summed E-state index contributed by atoms with van der Waals surface area (Å²) in [5.41, 5.74) is 6.40. The van der Waals surface area contributed by atoms with Crippen LogP contribution in [0, 0.1) is 5.41 Å². The molecular formula is C15H22N2O3. The highest BCUT2D eigenvalue weighted by atomic mass is 16.4. The molecule has 0 aliphatic rings. The number of carboxylic acid groups (broad SMARTS) is 1. The van der Waals surface area contributed by atoms with Crippen molar-refractivity contribution in [2.45, 2.75) is 33.2 Å². The van der Waals surface area contributed by atoms with Gasteiger partial charge in [0.05, 0.1) is 0 Å². The average molecular weight is 278 g/mol. The van der Waals surface area contributed by atoms with Crippen LogP contribution in [-0.4, -0.2) is 29.6 Å². The maximum Gasteiger partial charge on any atom is 0.326 e. The van der Waals surface area contributed by atoms with Gasteiger partial charge in [-0.25, -0.2) is 4.79 Å². The minimum absolute atomic E-state index is 0.383. The zero-order valence-corrected chi connectivity index (χ0v) is 12.1. The van der Waals surface area contributed by atoms with Gasteiger partial charge in [-0.2, -0.15) is 0 Å². The summed E-state index contributed by atoms with van der Waals surface area (Å²) >= 11 is 0. The van der Waals surface area contributed by atoms with Crippen molar-refractivity contribution in [3.63, 3.8) is 0 Å². The minimum atomic E-state index is -1.04. The highest BCUT2D eigenvalue weighted by Crippen LogP contribution is 2.20. The van der Waals surface area contributed by atoms with E-state index in [-0.39, 0.29) is 5.91 Å². The number of rotatable bonds is 5. The Morgan fingerprint density at radius 2 is 1.80 bits per heavy atom. The summed E-state index contributed by atoms with van der Waals surface area (Å²) in [5, 5.41) is 11.8. The SMILES string of the molecule is CC(C)(C)C(NC(=O)c1ccc(CCN)cc1)C(=O)O. The van der Waals surface area contributed by atoms with Gasteiger partial charge < -0.3 is 16.2 Å². The quantitative estimate of drug-likeness (QED) is 0.759. The van der Waals surface area contributed by atoms with Crippen molar-refractivity contribution in [2.75, 3.05) is 6.54 Å². The number of carbonyl (C=O) groups is 2. The lowest BCUT2D eigenvalue weighted by Gasteiger charge is -2.27. The molecule has 1 rings (SSSR count). The van der Waals surface area contributed by atoms with Crippen LogP contribution in [0.4, 0.5) is 0 Å². The van der Waals surface area contributed by atoms with E-state index in [1.165, 1.54) is 0 Å². The van der Waals surface area contributed by atoms with Crippen molar-refractivity contribution < 1.29 is 14.7 Å². The van der Waals surface area contributed by atoms with Crippen molar-refractivity contribution in [3.05, 3.63) is 35.4 Å². The number of nitrogens with one attached hydrogen (secondary N) is 1. The Hall–Kier alpha value is -1.88. The van der Waals surface area contributed by atoms with Crippen LogP contribution in [0.25, 0.3) is 0 Å². The van der Waals surface area contributed by atoms with E-state index >= 15 is 0 Å². The number of hydrogen-bond acceptors (Lipinski definition) is 3. The zero-order chi connectivity index (χ0) is 15.3. The summed E-state index contributed by atoms with van der Waals surface area (Å²) in [6, 6.07) is 6.09. The standard InChI is InChI=1S/C15H22N2O3/c1-15(2,3)12(14(19)20)17-13(18)11-6-4-10(5-7-11)8-9-16/h4-7,12H,8-9,16H2,1-3H3,(H,17,18)(H,19,20). The minimum Gasteiger partial charge on any atom is -0.480 e. The molecule has 0 aliphatic carbocycles. The molecule has 5 heteroatoms. The molecule has 0 spiro atoms. The smallest absolute Gasteiger partial charge is 0.326 e. The lowest BCUT2D eigenvalue weighted by atomic mass is 9.86. The molecule has 0 aliphatic heterocycles. The summed E-state index contributed by atoms with van der Waals surface area (Å²) in [7, 11) is 0. The van der Waals surface area contributed by atoms with Crippen LogP contribution < -0.4 is 11.1 Å². The third-order valence-electron chi connectivity index (χ3n) is 3.04. The first-order valence-corrected chi connectivity index (χ1v) is 6.58. The third-order valence-corrected chi connectivity index (χ3v) is 3.04. The van der Waals surface area contributed by atoms with E-state index in [2.05, 4.69) is 5.32 Å². The van der Waals surface area contributed by atoms with Crippen LogP contribution in [0.2, 0.25) is 0 Å². The molecule has 1 aromatic rings. The second-order valence-electron chi connectivity index (χ2n) is 5.85. The fourth-order valence-corrected chi connectivity index (χ4v) is 1.85. The monoisotopic (exact) mass is 278 g/mol. The number of carbonyl (C=O) groups excluding carboxylic acids is 1. The van der Waals surface area contributed by atoms with E-state index < -0.39 is 17.4 Å². The van der Waals surface area contributed by atoms with Gasteiger partial charge in [0.15, 0.2) is 0 Å². The maximum atomic E-state index is 12.1. The summed E-state index contributed by atoms with van der Waals surface area (Å²) in [6.45, 7) is 5.87. The number of hydrogen-bond donors (Lipinski definition) is 3. The Morgan fingerprint density at radius 3 is 2.20 bits per heavy atom.